The van der Waals surface area contributed by atoms with Gasteiger partial charge in [0.2, 0.25) is 5.91 Å². The van der Waals surface area contributed by atoms with E-state index in [-0.39, 0.29) is 17.9 Å². The minimum Gasteiger partial charge on any atom is -0.497 e. The minimum absolute atomic E-state index is 0.0289. The summed E-state index contributed by atoms with van der Waals surface area (Å²) in [6, 6.07) is 13.3. The van der Waals surface area contributed by atoms with E-state index in [1.54, 1.807) is 7.11 Å². The van der Waals surface area contributed by atoms with E-state index in [4.69, 9.17) is 14.2 Å². The SMILES string of the molecule is CCOc1ccc(C(NC(=O)Cc2cccc(OC)c2)C(C)C)cc1OCC. The van der Waals surface area contributed by atoms with Crippen molar-refractivity contribution < 1.29 is 19.0 Å². The van der Waals surface area contributed by atoms with E-state index in [0.717, 1.165) is 22.6 Å². The summed E-state index contributed by atoms with van der Waals surface area (Å²) in [7, 11) is 1.62. The molecule has 0 bridgehead atoms. The van der Waals surface area contributed by atoms with Crippen molar-refractivity contribution >= 4 is 5.91 Å². The van der Waals surface area contributed by atoms with Crippen molar-refractivity contribution in [2.75, 3.05) is 20.3 Å². The van der Waals surface area contributed by atoms with Crippen LogP contribution in [0, 0.1) is 5.92 Å². The molecule has 5 heteroatoms. The number of ether oxygens (including phenoxy) is 3. The first-order valence-electron chi connectivity index (χ1n) is 9.80. The van der Waals surface area contributed by atoms with Crippen LogP contribution in [0.4, 0.5) is 0 Å². The maximum Gasteiger partial charge on any atom is 0.224 e. The van der Waals surface area contributed by atoms with E-state index in [2.05, 4.69) is 19.2 Å². The van der Waals surface area contributed by atoms with E-state index in [0.29, 0.717) is 25.4 Å². The number of carbonyl (C=O) groups excluding carboxylic acids is 1. The normalized spacial score (nSPS) is 11.8. The third-order valence-corrected chi connectivity index (χ3v) is 4.41. The molecule has 28 heavy (non-hydrogen) atoms. The Kier molecular flexibility index (Phi) is 8.18. The van der Waals surface area contributed by atoms with Crippen molar-refractivity contribution in [3.8, 4) is 17.2 Å². The lowest BCUT2D eigenvalue weighted by molar-refractivity contribution is -0.121. The summed E-state index contributed by atoms with van der Waals surface area (Å²) < 4.78 is 16.6. The molecule has 1 amide bonds. The number of hydrogen-bond acceptors (Lipinski definition) is 4. The highest BCUT2D eigenvalue weighted by Gasteiger charge is 2.20. The largest absolute Gasteiger partial charge is 0.497 e. The van der Waals surface area contributed by atoms with Crippen molar-refractivity contribution in [3.63, 3.8) is 0 Å². The first kappa shape index (κ1) is 21.6. The molecular weight excluding hydrogens is 354 g/mol. The second-order valence-corrected chi connectivity index (χ2v) is 6.89. The third-order valence-electron chi connectivity index (χ3n) is 4.41. The Hall–Kier alpha value is -2.69. The molecule has 0 saturated heterocycles. The molecule has 0 heterocycles. The summed E-state index contributed by atoms with van der Waals surface area (Å²) in [4.78, 5) is 12.7. The van der Waals surface area contributed by atoms with Crippen LogP contribution in [0.25, 0.3) is 0 Å². The Morgan fingerprint density at radius 3 is 2.36 bits per heavy atom. The highest BCUT2D eigenvalue weighted by Crippen LogP contribution is 2.33. The number of amides is 1. The molecule has 5 nitrogen and oxygen atoms in total. The van der Waals surface area contributed by atoms with Crippen LogP contribution in [0.15, 0.2) is 42.5 Å². The molecule has 152 valence electrons. The average molecular weight is 386 g/mol. The lowest BCUT2D eigenvalue weighted by atomic mass is 9.95. The van der Waals surface area contributed by atoms with Crippen LogP contribution in [0.3, 0.4) is 0 Å². The van der Waals surface area contributed by atoms with Gasteiger partial charge in [-0.15, -0.1) is 0 Å². The van der Waals surface area contributed by atoms with Gasteiger partial charge in [-0.2, -0.15) is 0 Å². The average Bonchev–Trinajstić information content (AvgIpc) is 2.68. The minimum atomic E-state index is -0.118. The van der Waals surface area contributed by atoms with Crippen molar-refractivity contribution in [2.45, 2.75) is 40.2 Å². The van der Waals surface area contributed by atoms with Gasteiger partial charge in [0, 0.05) is 0 Å². The molecule has 0 aliphatic rings. The van der Waals surface area contributed by atoms with Gasteiger partial charge in [-0.3, -0.25) is 4.79 Å². The summed E-state index contributed by atoms with van der Waals surface area (Å²) in [5, 5.41) is 3.16. The fourth-order valence-corrected chi connectivity index (χ4v) is 3.09. The molecule has 1 atom stereocenters. The quantitative estimate of drug-likeness (QED) is 0.652. The smallest absolute Gasteiger partial charge is 0.224 e. The molecule has 0 aliphatic heterocycles. The van der Waals surface area contributed by atoms with Crippen LogP contribution in [0.1, 0.15) is 44.9 Å². The molecule has 2 rings (SSSR count). The number of methoxy groups -OCH3 is 1. The zero-order chi connectivity index (χ0) is 20.5. The van der Waals surface area contributed by atoms with Gasteiger partial charge < -0.3 is 19.5 Å². The van der Waals surface area contributed by atoms with Crippen LogP contribution >= 0.6 is 0 Å². The number of hydrogen-bond donors (Lipinski definition) is 1. The second kappa shape index (κ2) is 10.6. The summed E-state index contributed by atoms with van der Waals surface area (Å²) in [5.41, 5.74) is 1.92. The number of benzene rings is 2. The Bertz CT molecular complexity index is 773. The van der Waals surface area contributed by atoms with E-state index in [1.165, 1.54) is 0 Å². The molecule has 1 unspecified atom stereocenters. The highest BCUT2D eigenvalue weighted by molar-refractivity contribution is 5.79. The van der Waals surface area contributed by atoms with E-state index in [1.807, 2.05) is 56.3 Å². The van der Waals surface area contributed by atoms with E-state index < -0.39 is 0 Å². The van der Waals surface area contributed by atoms with Gasteiger partial charge in [-0.25, -0.2) is 0 Å². The van der Waals surface area contributed by atoms with Gasteiger partial charge in [0.15, 0.2) is 11.5 Å². The second-order valence-electron chi connectivity index (χ2n) is 6.89. The van der Waals surface area contributed by atoms with Crippen LogP contribution in [0.5, 0.6) is 17.2 Å². The maximum atomic E-state index is 12.7. The van der Waals surface area contributed by atoms with Crippen LogP contribution in [0.2, 0.25) is 0 Å². The predicted octanol–water partition coefficient (Wildman–Crippen LogP) is 4.55. The molecule has 0 aliphatic carbocycles. The van der Waals surface area contributed by atoms with E-state index >= 15 is 0 Å². The molecule has 2 aromatic rings. The fraction of sp³-hybridized carbons (Fsp3) is 0.435. The topological polar surface area (TPSA) is 56.8 Å². The van der Waals surface area contributed by atoms with Crippen molar-refractivity contribution in [3.05, 3.63) is 53.6 Å². The maximum absolute atomic E-state index is 12.7. The Morgan fingerprint density at radius 1 is 1.00 bits per heavy atom. The lowest BCUT2D eigenvalue weighted by Gasteiger charge is -2.24. The van der Waals surface area contributed by atoms with Crippen LogP contribution in [-0.4, -0.2) is 26.2 Å². The zero-order valence-corrected chi connectivity index (χ0v) is 17.5. The van der Waals surface area contributed by atoms with Gasteiger partial charge >= 0.3 is 0 Å². The molecule has 0 radical (unpaired) electrons. The van der Waals surface area contributed by atoms with Crippen LogP contribution in [-0.2, 0) is 11.2 Å². The molecule has 1 N–H and O–H groups in total. The Labute approximate surface area is 168 Å². The van der Waals surface area contributed by atoms with Gasteiger partial charge in [-0.05, 0) is 55.2 Å². The molecular formula is C23H31NO4. The van der Waals surface area contributed by atoms with Crippen LogP contribution < -0.4 is 19.5 Å². The van der Waals surface area contributed by atoms with Gasteiger partial charge in [-0.1, -0.05) is 32.0 Å². The molecule has 0 spiro atoms. The molecule has 0 saturated carbocycles. The first-order chi connectivity index (χ1) is 13.5. The van der Waals surface area contributed by atoms with E-state index in [9.17, 15) is 4.79 Å². The monoisotopic (exact) mass is 385 g/mol. The summed E-state index contributed by atoms with van der Waals surface area (Å²) in [6.45, 7) is 9.20. The lowest BCUT2D eigenvalue weighted by Crippen LogP contribution is -2.32. The van der Waals surface area contributed by atoms with Crippen molar-refractivity contribution in [1.29, 1.82) is 0 Å². The predicted molar refractivity (Wildman–Crippen MR) is 111 cm³/mol. The number of nitrogens with one attached hydrogen (secondary N) is 1. The van der Waals surface area contributed by atoms with Gasteiger partial charge in [0.05, 0.1) is 32.8 Å². The third kappa shape index (κ3) is 5.91. The fourth-order valence-electron chi connectivity index (χ4n) is 3.09. The Balaban J connectivity index is 2.17. The summed E-state index contributed by atoms with van der Waals surface area (Å²) >= 11 is 0. The number of carbonyl (C=O) groups is 1. The standard InChI is InChI=1S/C23H31NO4/c1-6-27-20-12-11-18(15-21(20)28-7-2)23(16(3)4)24-22(25)14-17-9-8-10-19(13-17)26-5/h8-13,15-16,23H,6-7,14H2,1-5H3,(H,24,25). The molecule has 0 fully saturated rings. The number of rotatable bonds is 10. The highest BCUT2D eigenvalue weighted by atomic mass is 16.5. The molecule has 0 aromatic heterocycles. The zero-order valence-electron chi connectivity index (χ0n) is 17.5. The van der Waals surface area contributed by atoms with Crippen molar-refractivity contribution in [2.24, 2.45) is 5.92 Å². The Morgan fingerprint density at radius 2 is 1.71 bits per heavy atom. The summed E-state index contributed by atoms with van der Waals surface area (Å²) in [5.74, 6) is 2.37. The summed E-state index contributed by atoms with van der Waals surface area (Å²) in [6.07, 6.45) is 0.301. The van der Waals surface area contributed by atoms with Crippen molar-refractivity contribution in [1.82, 2.24) is 5.32 Å². The van der Waals surface area contributed by atoms with Gasteiger partial charge in [0.25, 0.3) is 0 Å². The first-order valence-corrected chi connectivity index (χ1v) is 9.80. The molecule has 2 aromatic carbocycles. The van der Waals surface area contributed by atoms with Gasteiger partial charge in [0.1, 0.15) is 5.75 Å².